The molecular weight excluding hydrogens is 263 g/mol. The second-order valence-electron chi connectivity index (χ2n) is 6.57. The van der Waals surface area contributed by atoms with Crippen LogP contribution < -0.4 is 4.74 Å². The molecule has 0 aliphatic heterocycles. The number of benzene rings is 1. The van der Waals surface area contributed by atoms with Crippen LogP contribution in [0.15, 0.2) is 24.3 Å². The van der Waals surface area contributed by atoms with Gasteiger partial charge in [0.2, 0.25) is 0 Å². The molecule has 0 atom stereocenters. The quantitative estimate of drug-likeness (QED) is 0.626. The predicted octanol–water partition coefficient (Wildman–Crippen LogP) is 5.21. The van der Waals surface area contributed by atoms with Crippen LogP contribution >= 0.6 is 0 Å². The van der Waals surface area contributed by atoms with Crippen molar-refractivity contribution >= 4 is 0 Å². The highest BCUT2D eigenvalue weighted by Gasteiger charge is 2.22. The van der Waals surface area contributed by atoms with E-state index in [1.807, 2.05) is 13.0 Å². The fourth-order valence-electron chi connectivity index (χ4n) is 2.73. The maximum atomic E-state index is 14.3. The average Bonchev–Trinajstić information content (AvgIpc) is 3.24. The van der Waals surface area contributed by atoms with Gasteiger partial charge in [-0.3, -0.25) is 0 Å². The van der Waals surface area contributed by atoms with E-state index in [1.165, 1.54) is 32.1 Å². The van der Waals surface area contributed by atoms with Crippen molar-refractivity contribution in [3.8, 4) is 5.75 Å². The molecule has 0 aromatic heterocycles. The molecule has 21 heavy (non-hydrogen) atoms. The number of halogens is 1. The average molecular weight is 288 g/mol. The largest absolute Gasteiger partial charge is 0.490 e. The lowest BCUT2D eigenvalue weighted by Crippen LogP contribution is -2.06. The molecular formula is C19H25FO. The van der Waals surface area contributed by atoms with Crippen molar-refractivity contribution in [3.63, 3.8) is 0 Å². The summed E-state index contributed by atoms with van der Waals surface area (Å²) in [5.41, 5.74) is 1.85. The highest BCUT2D eigenvalue weighted by atomic mass is 19.1. The van der Waals surface area contributed by atoms with Gasteiger partial charge >= 0.3 is 0 Å². The van der Waals surface area contributed by atoms with Gasteiger partial charge in [-0.1, -0.05) is 24.6 Å². The number of hydrogen-bond acceptors (Lipinski definition) is 1. The third kappa shape index (κ3) is 3.87. The highest BCUT2D eigenvalue weighted by Crippen LogP contribution is 2.31. The smallest absolute Gasteiger partial charge is 0.168 e. The number of hydrogen-bond donors (Lipinski definition) is 0. The molecule has 0 heterocycles. The van der Waals surface area contributed by atoms with Gasteiger partial charge in [0, 0.05) is 0 Å². The second-order valence-corrected chi connectivity index (χ2v) is 6.57. The zero-order valence-corrected chi connectivity index (χ0v) is 12.9. The molecule has 3 rings (SSSR count). The minimum Gasteiger partial charge on any atom is -0.490 e. The molecule has 0 amide bonds. The van der Waals surface area contributed by atoms with Gasteiger partial charge in [-0.25, -0.2) is 4.39 Å². The monoisotopic (exact) mass is 288 g/mol. The normalized spacial score (nSPS) is 19.0. The lowest BCUT2D eigenvalue weighted by Gasteiger charge is -2.21. The zero-order chi connectivity index (χ0) is 14.7. The van der Waals surface area contributed by atoms with Crippen LogP contribution in [0.3, 0.4) is 0 Å². The molecule has 1 aromatic rings. The number of ether oxygens (including phenoxy) is 1. The summed E-state index contributed by atoms with van der Waals surface area (Å²) in [5, 5.41) is 0. The maximum absolute atomic E-state index is 14.3. The van der Waals surface area contributed by atoms with E-state index in [0.717, 1.165) is 29.9 Å². The molecule has 0 bridgehead atoms. The van der Waals surface area contributed by atoms with Crippen molar-refractivity contribution in [1.29, 1.82) is 0 Å². The van der Waals surface area contributed by atoms with E-state index in [2.05, 4.69) is 12.2 Å². The first kappa shape index (κ1) is 14.6. The van der Waals surface area contributed by atoms with E-state index in [-0.39, 0.29) is 5.82 Å². The Morgan fingerprint density at radius 3 is 2.71 bits per heavy atom. The van der Waals surface area contributed by atoms with E-state index in [0.29, 0.717) is 18.3 Å². The summed E-state index contributed by atoms with van der Waals surface area (Å²) >= 11 is 0. The van der Waals surface area contributed by atoms with Crippen molar-refractivity contribution in [3.05, 3.63) is 41.2 Å². The molecule has 0 unspecified atom stereocenters. The van der Waals surface area contributed by atoms with E-state index < -0.39 is 0 Å². The molecule has 1 aromatic carbocycles. The van der Waals surface area contributed by atoms with Gasteiger partial charge in [0.15, 0.2) is 11.6 Å². The van der Waals surface area contributed by atoms with Crippen LogP contribution in [-0.4, -0.2) is 6.61 Å². The first-order chi connectivity index (χ1) is 10.2. The highest BCUT2D eigenvalue weighted by molar-refractivity contribution is 5.37. The topological polar surface area (TPSA) is 9.23 Å². The Kier molecular flexibility index (Phi) is 4.62. The number of allylic oxidation sites excluding steroid dienone is 2. The van der Waals surface area contributed by atoms with Crippen LogP contribution in [0.1, 0.15) is 49.7 Å². The molecule has 2 heteroatoms. The fourth-order valence-corrected chi connectivity index (χ4v) is 2.73. The molecule has 0 spiro atoms. The standard InChI is InChI=1S/C19H25FO/c1-14-17(8-3-2-5-15-6-4-7-15)11-12-18(19(14)20)21-13-16-9-10-16/h2,5,11-12,15-16H,3-4,6-10,13H2,1H3/b5-2+. The molecule has 2 aliphatic rings. The van der Waals surface area contributed by atoms with Crippen molar-refractivity contribution in [2.45, 2.75) is 51.9 Å². The summed E-state index contributed by atoms with van der Waals surface area (Å²) in [6.45, 7) is 2.53. The Hall–Kier alpha value is -1.31. The minimum atomic E-state index is -0.170. The molecule has 2 aliphatic carbocycles. The molecule has 0 radical (unpaired) electrons. The Bertz CT molecular complexity index is 513. The molecule has 2 fully saturated rings. The summed E-state index contributed by atoms with van der Waals surface area (Å²) in [5.74, 6) is 1.71. The Morgan fingerprint density at radius 2 is 2.05 bits per heavy atom. The third-order valence-electron chi connectivity index (χ3n) is 4.77. The van der Waals surface area contributed by atoms with Gasteiger partial charge in [-0.2, -0.15) is 0 Å². The SMILES string of the molecule is Cc1c(CC/C=C/C2CCC2)ccc(OCC2CC2)c1F. The van der Waals surface area contributed by atoms with E-state index in [1.54, 1.807) is 6.07 Å². The Labute approximate surface area is 127 Å². The van der Waals surface area contributed by atoms with E-state index >= 15 is 0 Å². The first-order valence-electron chi connectivity index (χ1n) is 8.31. The maximum Gasteiger partial charge on any atom is 0.168 e. The molecule has 0 N–H and O–H groups in total. The predicted molar refractivity (Wildman–Crippen MR) is 84.2 cm³/mol. The summed E-state index contributed by atoms with van der Waals surface area (Å²) in [7, 11) is 0. The summed E-state index contributed by atoms with van der Waals surface area (Å²) in [6.07, 6.45) is 13.0. The lowest BCUT2D eigenvalue weighted by molar-refractivity contribution is 0.284. The second kappa shape index (κ2) is 6.64. The fraction of sp³-hybridized carbons (Fsp3) is 0.579. The van der Waals surface area contributed by atoms with Gasteiger partial charge < -0.3 is 4.74 Å². The molecule has 0 saturated heterocycles. The number of aryl methyl sites for hydroxylation is 1. The van der Waals surface area contributed by atoms with Crippen molar-refractivity contribution in [2.24, 2.45) is 11.8 Å². The zero-order valence-electron chi connectivity index (χ0n) is 12.9. The molecule has 114 valence electrons. The minimum absolute atomic E-state index is 0.170. The van der Waals surface area contributed by atoms with Crippen LogP contribution in [0, 0.1) is 24.6 Å². The van der Waals surface area contributed by atoms with Crippen LogP contribution in [0.5, 0.6) is 5.75 Å². The van der Waals surface area contributed by atoms with Crippen LogP contribution in [0.2, 0.25) is 0 Å². The van der Waals surface area contributed by atoms with Crippen molar-refractivity contribution in [2.75, 3.05) is 6.61 Å². The molecule has 1 nitrogen and oxygen atoms in total. The first-order valence-corrected chi connectivity index (χ1v) is 8.31. The van der Waals surface area contributed by atoms with E-state index in [4.69, 9.17) is 4.74 Å². The van der Waals surface area contributed by atoms with Crippen LogP contribution in [0.25, 0.3) is 0 Å². The van der Waals surface area contributed by atoms with Gasteiger partial charge in [0.25, 0.3) is 0 Å². The van der Waals surface area contributed by atoms with Gasteiger partial charge in [0.05, 0.1) is 6.61 Å². The summed E-state index contributed by atoms with van der Waals surface area (Å²) in [4.78, 5) is 0. The Morgan fingerprint density at radius 1 is 1.24 bits per heavy atom. The van der Waals surface area contributed by atoms with Gasteiger partial charge in [-0.15, -0.1) is 0 Å². The van der Waals surface area contributed by atoms with Gasteiger partial charge in [-0.05, 0) is 74.5 Å². The van der Waals surface area contributed by atoms with E-state index in [9.17, 15) is 4.39 Å². The van der Waals surface area contributed by atoms with Crippen molar-refractivity contribution < 1.29 is 9.13 Å². The Balaban J connectivity index is 1.54. The van der Waals surface area contributed by atoms with Crippen LogP contribution in [0.4, 0.5) is 4.39 Å². The third-order valence-corrected chi connectivity index (χ3v) is 4.77. The number of rotatable bonds is 7. The lowest BCUT2D eigenvalue weighted by atomic mass is 9.85. The molecule has 2 saturated carbocycles. The summed E-state index contributed by atoms with van der Waals surface area (Å²) in [6, 6.07) is 3.83. The van der Waals surface area contributed by atoms with Crippen LogP contribution in [-0.2, 0) is 6.42 Å². The summed E-state index contributed by atoms with van der Waals surface area (Å²) < 4.78 is 19.9. The van der Waals surface area contributed by atoms with Gasteiger partial charge in [0.1, 0.15) is 0 Å². The van der Waals surface area contributed by atoms with Crippen molar-refractivity contribution in [1.82, 2.24) is 0 Å².